The fourth-order valence-corrected chi connectivity index (χ4v) is 2.83. The van der Waals surface area contributed by atoms with Crippen molar-refractivity contribution in [1.82, 2.24) is 4.90 Å². The molecule has 2 rings (SSSR count). The Hall–Kier alpha value is -1.02. The molecule has 0 atom stereocenters. The molecule has 0 aliphatic carbocycles. The second-order valence-corrected chi connectivity index (χ2v) is 5.53. The Labute approximate surface area is 120 Å². The van der Waals surface area contributed by atoms with E-state index in [0.717, 1.165) is 56.6 Å². The van der Waals surface area contributed by atoms with Crippen LogP contribution in [-0.4, -0.2) is 29.8 Å². The molecule has 0 saturated heterocycles. The van der Waals surface area contributed by atoms with Gasteiger partial charge in [-0.25, -0.2) is 0 Å². The van der Waals surface area contributed by atoms with Gasteiger partial charge in [-0.2, -0.15) is 0 Å². The van der Waals surface area contributed by atoms with Crippen molar-refractivity contribution < 1.29 is 4.79 Å². The smallest absolute Gasteiger partial charge is 0.254 e. The molecule has 2 nitrogen and oxygen atoms in total. The van der Waals surface area contributed by atoms with Crippen LogP contribution in [0.1, 0.15) is 48.0 Å². The molecule has 104 valence electrons. The van der Waals surface area contributed by atoms with Gasteiger partial charge < -0.3 is 4.90 Å². The number of hydrogen-bond donors (Lipinski definition) is 0. The number of alkyl halides is 1. The van der Waals surface area contributed by atoms with Crippen LogP contribution in [0, 0.1) is 0 Å². The van der Waals surface area contributed by atoms with E-state index in [4.69, 9.17) is 11.6 Å². The monoisotopic (exact) mass is 279 g/mol. The number of carbonyl (C=O) groups is 1. The maximum Gasteiger partial charge on any atom is 0.254 e. The lowest BCUT2D eigenvalue weighted by atomic mass is 10.0. The Morgan fingerprint density at radius 1 is 1.11 bits per heavy atom. The summed E-state index contributed by atoms with van der Waals surface area (Å²) >= 11 is 5.67. The molecule has 1 aromatic carbocycles. The largest absolute Gasteiger partial charge is 0.339 e. The number of carbonyl (C=O) groups excluding carboxylic acids is 1. The zero-order chi connectivity index (χ0) is 13.5. The molecule has 0 unspecified atom stereocenters. The van der Waals surface area contributed by atoms with E-state index in [1.165, 1.54) is 12.0 Å². The number of benzene rings is 1. The van der Waals surface area contributed by atoms with Crippen LogP contribution in [0.5, 0.6) is 0 Å². The van der Waals surface area contributed by atoms with Gasteiger partial charge >= 0.3 is 0 Å². The quantitative estimate of drug-likeness (QED) is 0.572. The molecule has 0 fully saturated rings. The van der Waals surface area contributed by atoms with Crippen LogP contribution in [0.25, 0.3) is 0 Å². The molecule has 1 amide bonds. The van der Waals surface area contributed by atoms with Crippen LogP contribution >= 0.6 is 11.6 Å². The Balaban J connectivity index is 1.90. The van der Waals surface area contributed by atoms with E-state index in [0.29, 0.717) is 0 Å². The van der Waals surface area contributed by atoms with Gasteiger partial charge in [0.1, 0.15) is 0 Å². The predicted octanol–water partition coefficient (Wildman–Crippen LogP) is 3.87. The molecule has 19 heavy (non-hydrogen) atoms. The molecule has 0 N–H and O–H groups in total. The molecule has 1 aliphatic heterocycles. The first-order chi connectivity index (χ1) is 9.33. The average Bonchev–Trinajstić information content (AvgIpc) is 2.59. The predicted molar refractivity (Wildman–Crippen MR) is 79.9 cm³/mol. The third-order valence-electron chi connectivity index (χ3n) is 3.72. The second-order valence-electron chi connectivity index (χ2n) is 5.16. The Bertz CT molecular complexity index is 419. The van der Waals surface area contributed by atoms with Gasteiger partial charge in [0.2, 0.25) is 0 Å². The number of halogens is 1. The fourth-order valence-electron chi connectivity index (χ4n) is 2.64. The zero-order valence-corrected chi connectivity index (χ0v) is 12.2. The van der Waals surface area contributed by atoms with Crippen LogP contribution in [0.2, 0.25) is 0 Å². The molecule has 1 aromatic rings. The van der Waals surface area contributed by atoms with Gasteiger partial charge in [0.25, 0.3) is 5.91 Å². The summed E-state index contributed by atoms with van der Waals surface area (Å²) in [6.07, 6.45) is 6.60. The molecule has 0 aromatic heterocycles. The highest BCUT2D eigenvalue weighted by Gasteiger charge is 2.21. The minimum atomic E-state index is 0.213. The first-order valence-corrected chi connectivity index (χ1v) is 7.79. The number of rotatable bonds is 6. The van der Waals surface area contributed by atoms with Gasteiger partial charge in [-0.15, -0.1) is 11.6 Å². The van der Waals surface area contributed by atoms with E-state index in [2.05, 4.69) is 6.07 Å². The summed E-state index contributed by atoms with van der Waals surface area (Å²) < 4.78 is 0. The first kappa shape index (κ1) is 14.4. The molecular weight excluding hydrogens is 258 g/mol. The molecule has 1 aliphatic rings. The second kappa shape index (κ2) is 7.54. The molecule has 1 heterocycles. The van der Waals surface area contributed by atoms with Crippen LogP contribution in [0.4, 0.5) is 0 Å². The normalized spacial score (nSPS) is 15.2. The van der Waals surface area contributed by atoms with Gasteiger partial charge in [-0.3, -0.25) is 4.79 Å². The number of unbranched alkanes of at least 4 members (excludes halogenated alkanes) is 3. The van der Waals surface area contributed by atoms with Gasteiger partial charge in [-0.05, 0) is 37.3 Å². The standard InChI is InChI=1S/C16H22ClNO/c17-11-5-1-2-6-12-18-13-7-9-14-8-3-4-10-15(14)16(18)19/h3-4,8,10H,1-2,5-7,9,11-13H2. The van der Waals surface area contributed by atoms with E-state index in [9.17, 15) is 4.79 Å². The minimum Gasteiger partial charge on any atom is -0.339 e. The van der Waals surface area contributed by atoms with Crippen molar-refractivity contribution in [3.63, 3.8) is 0 Å². The van der Waals surface area contributed by atoms with Gasteiger partial charge in [-0.1, -0.05) is 31.0 Å². The van der Waals surface area contributed by atoms with E-state index in [-0.39, 0.29) is 5.91 Å². The molecule has 0 radical (unpaired) electrons. The van der Waals surface area contributed by atoms with Crippen molar-refractivity contribution in [3.05, 3.63) is 35.4 Å². The first-order valence-electron chi connectivity index (χ1n) is 7.26. The maximum atomic E-state index is 12.5. The molecule has 0 saturated carbocycles. The Morgan fingerprint density at radius 2 is 1.89 bits per heavy atom. The third kappa shape index (κ3) is 3.97. The number of fused-ring (bicyclic) bond motifs is 1. The van der Waals surface area contributed by atoms with E-state index in [1.807, 2.05) is 23.1 Å². The van der Waals surface area contributed by atoms with Crippen molar-refractivity contribution in [1.29, 1.82) is 0 Å². The third-order valence-corrected chi connectivity index (χ3v) is 3.99. The highest BCUT2D eigenvalue weighted by Crippen LogP contribution is 2.19. The van der Waals surface area contributed by atoms with Crippen molar-refractivity contribution >= 4 is 17.5 Å². The summed E-state index contributed by atoms with van der Waals surface area (Å²) in [6, 6.07) is 8.02. The lowest BCUT2D eigenvalue weighted by Crippen LogP contribution is -2.31. The zero-order valence-electron chi connectivity index (χ0n) is 11.4. The van der Waals surface area contributed by atoms with Crippen LogP contribution in [0.15, 0.2) is 24.3 Å². The van der Waals surface area contributed by atoms with Gasteiger partial charge in [0.15, 0.2) is 0 Å². The summed E-state index contributed by atoms with van der Waals surface area (Å²) in [5.74, 6) is 0.959. The van der Waals surface area contributed by atoms with Crippen molar-refractivity contribution in [2.24, 2.45) is 0 Å². The fraction of sp³-hybridized carbons (Fsp3) is 0.562. The molecule has 0 spiro atoms. The summed E-state index contributed by atoms with van der Waals surface area (Å²) in [7, 11) is 0. The Morgan fingerprint density at radius 3 is 2.74 bits per heavy atom. The summed E-state index contributed by atoms with van der Waals surface area (Å²) in [4.78, 5) is 14.5. The average molecular weight is 280 g/mol. The highest BCUT2D eigenvalue weighted by molar-refractivity contribution is 6.17. The van der Waals surface area contributed by atoms with Crippen molar-refractivity contribution in [3.8, 4) is 0 Å². The van der Waals surface area contributed by atoms with Crippen molar-refractivity contribution in [2.45, 2.75) is 38.5 Å². The van der Waals surface area contributed by atoms with Gasteiger partial charge in [0.05, 0.1) is 0 Å². The SMILES string of the molecule is O=C1c2ccccc2CCCN1CCCCCCCl. The van der Waals surface area contributed by atoms with E-state index in [1.54, 1.807) is 0 Å². The van der Waals surface area contributed by atoms with E-state index >= 15 is 0 Å². The van der Waals surface area contributed by atoms with E-state index < -0.39 is 0 Å². The van der Waals surface area contributed by atoms with Crippen LogP contribution in [0.3, 0.4) is 0 Å². The minimum absolute atomic E-state index is 0.213. The number of amides is 1. The number of aryl methyl sites for hydroxylation is 1. The topological polar surface area (TPSA) is 20.3 Å². The molecular formula is C16H22ClNO. The number of hydrogen-bond acceptors (Lipinski definition) is 1. The maximum absolute atomic E-state index is 12.5. The summed E-state index contributed by atoms with van der Waals surface area (Å²) in [6.45, 7) is 1.78. The summed E-state index contributed by atoms with van der Waals surface area (Å²) in [5.41, 5.74) is 2.11. The highest BCUT2D eigenvalue weighted by atomic mass is 35.5. The van der Waals surface area contributed by atoms with Crippen LogP contribution < -0.4 is 0 Å². The molecule has 0 bridgehead atoms. The van der Waals surface area contributed by atoms with Crippen molar-refractivity contribution in [2.75, 3.05) is 19.0 Å². The Kier molecular flexibility index (Phi) is 5.71. The van der Waals surface area contributed by atoms with Gasteiger partial charge in [0, 0.05) is 24.5 Å². The van der Waals surface area contributed by atoms with Crippen LogP contribution in [-0.2, 0) is 6.42 Å². The lowest BCUT2D eigenvalue weighted by Gasteiger charge is -2.20. The summed E-state index contributed by atoms with van der Waals surface area (Å²) in [5, 5.41) is 0. The lowest BCUT2D eigenvalue weighted by molar-refractivity contribution is 0.0758. The molecule has 3 heteroatoms. The number of nitrogens with zero attached hydrogens (tertiary/aromatic N) is 1.